The Morgan fingerprint density at radius 3 is 2.11 bits per heavy atom. The van der Waals surface area contributed by atoms with E-state index in [1.807, 2.05) is 20.8 Å². The van der Waals surface area contributed by atoms with Crippen molar-refractivity contribution in [2.24, 2.45) is 5.92 Å². The van der Waals surface area contributed by atoms with E-state index in [1.165, 1.54) is 0 Å². The van der Waals surface area contributed by atoms with Gasteiger partial charge in [0.2, 0.25) is 5.91 Å². The molecule has 0 aliphatic heterocycles. The molecule has 1 atom stereocenters. The van der Waals surface area contributed by atoms with Crippen LogP contribution in [0.15, 0.2) is 0 Å². The molecule has 0 saturated carbocycles. The summed E-state index contributed by atoms with van der Waals surface area (Å²) in [6.07, 6.45) is 5.09. The van der Waals surface area contributed by atoms with E-state index in [9.17, 15) is 9.59 Å². The number of hydrogen-bond donors (Lipinski definition) is 2. The Hall–Kier alpha value is -1.06. The number of nitrogens with one attached hydrogen (secondary N) is 1. The highest BCUT2D eigenvalue weighted by molar-refractivity contribution is 5.80. The molecule has 0 spiro atoms. The topological polar surface area (TPSA) is 66.4 Å². The van der Waals surface area contributed by atoms with E-state index in [-0.39, 0.29) is 18.2 Å². The minimum absolute atomic E-state index is 0.00402. The smallest absolute Gasteiger partial charge is 0.305 e. The average Bonchev–Trinajstić information content (AvgIpc) is 2.38. The monoisotopic (exact) mass is 271 g/mol. The molecule has 0 fully saturated rings. The average molecular weight is 271 g/mol. The molecule has 2 N–H and O–H groups in total. The molecule has 0 radical (unpaired) electrons. The highest BCUT2D eigenvalue weighted by atomic mass is 16.4. The standard InChI is InChI=1S/C15H29NO3/c1-5-9-10-12(6-2)14(19)16-15(7-3,8-4)11-13(17)18/h12H,5-11H2,1-4H3,(H,16,19)(H,17,18). The van der Waals surface area contributed by atoms with Gasteiger partial charge in [0.15, 0.2) is 0 Å². The fraction of sp³-hybridized carbons (Fsp3) is 0.867. The molecule has 0 saturated heterocycles. The van der Waals surface area contributed by atoms with Gasteiger partial charge in [-0.2, -0.15) is 0 Å². The van der Waals surface area contributed by atoms with E-state index >= 15 is 0 Å². The Balaban J connectivity index is 4.72. The predicted molar refractivity (Wildman–Crippen MR) is 77.0 cm³/mol. The number of carbonyl (C=O) groups is 2. The molecule has 1 amide bonds. The zero-order chi connectivity index (χ0) is 14.9. The Morgan fingerprint density at radius 1 is 1.16 bits per heavy atom. The summed E-state index contributed by atoms with van der Waals surface area (Å²) in [5.41, 5.74) is -0.595. The fourth-order valence-corrected chi connectivity index (χ4v) is 2.34. The Labute approximate surface area is 117 Å². The number of carboxylic acid groups (broad SMARTS) is 1. The zero-order valence-electron chi connectivity index (χ0n) is 12.8. The molecule has 1 unspecified atom stereocenters. The van der Waals surface area contributed by atoms with Crippen LogP contribution >= 0.6 is 0 Å². The van der Waals surface area contributed by atoms with E-state index in [1.54, 1.807) is 0 Å². The number of hydrogen-bond acceptors (Lipinski definition) is 2. The van der Waals surface area contributed by atoms with Gasteiger partial charge in [0.05, 0.1) is 6.42 Å². The third-order valence-corrected chi connectivity index (χ3v) is 4.00. The molecule has 0 aromatic carbocycles. The maximum Gasteiger partial charge on any atom is 0.305 e. The van der Waals surface area contributed by atoms with Crippen molar-refractivity contribution in [2.75, 3.05) is 0 Å². The van der Waals surface area contributed by atoms with E-state index in [4.69, 9.17) is 5.11 Å². The summed E-state index contributed by atoms with van der Waals surface area (Å²) in [4.78, 5) is 23.3. The van der Waals surface area contributed by atoms with E-state index < -0.39 is 11.5 Å². The number of aliphatic carboxylic acids is 1. The molecule has 0 aliphatic carbocycles. The quantitative estimate of drug-likeness (QED) is 0.640. The third-order valence-electron chi connectivity index (χ3n) is 4.00. The van der Waals surface area contributed by atoms with Gasteiger partial charge in [-0.15, -0.1) is 0 Å². The van der Waals surface area contributed by atoms with Gasteiger partial charge < -0.3 is 10.4 Å². The highest BCUT2D eigenvalue weighted by Crippen LogP contribution is 2.22. The summed E-state index contributed by atoms with van der Waals surface area (Å²) in [7, 11) is 0. The lowest BCUT2D eigenvalue weighted by Gasteiger charge is -2.33. The van der Waals surface area contributed by atoms with Crippen LogP contribution in [-0.4, -0.2) is 22.5 Å². The van der Waals surface area contributed by atoms with Crippen molar-refractivity contribution < 1.29 is 14.7 Å². The van der Waals surface area contributed by atoms with Crippen LogP contribution in [0.25, 0.3) is 0 Å². The minimum atomic E-state index is -0.856. The number of unbranched alkanes of at least 4 members (excludes halogenated alkanes) is 1. The summed E-state index contributed by atoms with van der Waals surface area (Å²) in [6, 6.07) is 0. The molecule has 0 rings (SSSR count). The first-order valence-corrected chi connectivity index (χ1v) is 7.48. The summed E-state index contributed by atoms with van der Waals surface area (Å²) >= 11 is 0. The molecule has 0 aromatic rings. The van der Waals surface area contributed by atoms with Gasteiger partial charge in [0.25, 0.3) is 0 Å². The van der Waals surface area contributed by atoms with Crippen LogP contribution in [0.5, 0.6) is 0 Å². The molecule has 0 aliphatic rings. The first kappa shape index (κ1) is 17.9. The van der Waals surface area contributed by atoms with Crippen molar-refractivity contribution in [2.45, 2.75) is 78.2 Å². The van der Waals surface area contributed by atoms with Gasteiger partial charge in [-0.3, -0.25) is 9.59 Å². The Morgan fingerprint density at radius 2 is 1.74 bits per heavy atom. The molecular formula is C15H29NO3. The number of carboxylic acids is 1. The van der Waals surface area contributed by atoms with Crippen molar-refractivity contribution in [1.82, 2.24) is 5.32 Å². The molecule has 4 heteroatoms. The van der Waals surface area contributed by atoms with E-state index in [0.717, 1.165) is 25.7 Å². The summed E-state index contributed by atoms with van der Waals surface area (Å²) in [6.45, 7) is 7.98. The normalized spacial score (nSPS) is 13.1. The van der Waals surface area contributed by atoms with Crippen LogP contribution in [0.3, 0.4) is 0 Å². The largest absolute Gasteiger partial charge is 0.481 e. The molecule has 0 bridgehead atoms. The first-order valence-electron chi connectivity index (χ1n) is 7.48. The maximum absolute atomic E-state index is 12.3. The summed E-state index contributed by atoms with van der Waals surface area (Å²) in [5, 5.41) is 12.0. The van der Waals surface area contributed by atoms with Crippen LogP contribution in [0.1, 0.15) is 72.6 Å². The second kappa shape index (κ2) is 8.94. The first-order chi connectivity index (χ1) is 8.94. The van der Waals surface area contributed by atoms with E-state index in [2.05, 4.69) is 12.2 Å². The van der Waals surface area contributed by atoms with Crippen LogP contribution < -0.4 is 5.32 Å². The molecule has 19 heavy (non-hydrogen) atoms. The van der Waals surface area contributed by atoms with Crippen molar-refractivity contribution >= 4 is 11.9 Å². The Kier molecular flexibility index (Phi) is 8.44. The molecule has 4 nitrogen and oxygen atoms in total. The van der Waals surface area contributed by atoms with Crippen LogP contribution in [0.4, 0.5) is 0 Å². The second-order valence-corrected chi connectivity index (χ2v) is 5.29. The molecule has 0 heterocycles. The number of carbonyl (C=O) groups excluding carboxylic acids is 1. The lowest BCUT2D eigenvalue weighted by Crippen LogP contribution is -2.51. The molecule has 0 aromatic heterocycles. The fourth-order valence-electron chi connectivity index (χ4n) is 2.34. The van der Waals surface area contributed by atoms with Gasteiger partial charge in [0.1, 0.15) is 0 Å². The lowest BCUT2D eigenvalue weighted by atomic mass is 9.87. The Bertz CT molecular complexity index is 285. The SMILES string of the molecule is CCCCC(CC)C(=O)NC(CC)(CC)CC(=O)O. The van der Waals surface area contributed by atoms with Crippen molar-refractivity contribution in [3.8, 4) is 0 Å². The number of amides is 1. The van der Waals surface area contributed by atoms with Crippen molar-refractivity contribution in [3.05, 3.63) is 0 Å². The number of rotatable bonds is 10. The molecular weight excluding hydrogens is 242 g/mol. The predicted octanol–water partition coefficient (Wildman–Crippen LogP) is 3.35. The summed E-state index contributed by atoms with van der Waals surface area (Å²) in [5.74, 6) is -0.835. The lowest BCUT2D eigenvalue weighted by molar-refractivity contribution is -0.139. The molecule has 112 valence electrons. The maximum atomic E-state index is 12.3. The van der Waals surface area contributed by atoms with Gasteiger partial charge >= 0.3 is 5.97 Å². The van der Waals surface area contributed by atoms with Gasteiger partial charge in [-0.25, -0.2) is 0 Å². The van der Waals surface area contributed by atoms with Crippen LogP contribution in [-0.2, 0) is 9.59 Å². The van der Waals surface area contributed by atoms with Gasteiger partial charge in [0, 0.05) is 11.5 Å². The second-order valence-electron chi connectivity index (χ2n) is 5.29. The van der Waals surface area contributed by atoms with Gasteiger partial charge in [-0.05, 0) is 25.7 Å². The van der Waals surface area contributed by atoms with Crippen LogP contribution in [0, 0.1) is 5.92 Å². The summed E-state index contributed by atoms with van der Waals surface area (Å²) < 4.78 is 0. The third kappa shape index (κ3) is 6.08. The highest BCUT2D eigenvalue weighted by Gasteiger charge is 2.32. The van der Waals surface area contributed by atoms with Gasteiger partial charge in [-0.1, -0.05) is 40.5 Å². The zero-order valence-corrected chi connectivity index (χ0v) is 12.8. The van der Waals surface area contributed by atoms with Crippen molar-refractivity contribution in [1.29, 1.82) is 0 Å². The van der Waals surface area contributed by atoms with Crippen LogP contribution in [0.2, 0.25) is 0 Å². The van der Waals surface area contributed by atoms with E-state index in [0.29, 0.717) is 12.8 Å². The van der Waals surface area contributed by atoms with Crippen molar-refractivity contribution in [3.63, 3.8) is 0 Å². The minimum Gasteiger partial charge on any atom is -0.481 e.